The molecule has 0 spiro atoms. The lowest BCUT2D eigenvalue weighted by atomic mass is 10.2. The van der Waals surface area contributed by atoms with Crippen LogP contribution in [0.25, 0.3) is 10.1 Å². The highest BCUT2D eigenvalue weighted by Gasteiger charge is 2.19. The Morgan fingerprint density at radius 2 is 2.14 bits per heavy atom. The van der Waals surface area contributed by atoms with Crippen molar-refractivity contribution in [1.29, 1.82) is 0 Å². The Bertz CT molecular complexity index is 750. The summed E-state index contributed by atoms with van der Waals surface area (Å²) < 4.78 is 3.03. The van der Waals surface area contributed by atoms with Crippen LogP contribution in [0.15, 0.2) is 36.7 Å². The maximum absolute atomic E-state index is 12.5. The second kappa shape index (κ2) is 5.33. The highest BCUT2D eigenvalue weighted by atomic mass is 32.1. The van der Waals surface area contributed by atoms with E-state index in [0.717, 1.165) is 5.69 Å². The molecule has 0 unspecified atom stereocenters. The van der Waals surface area contributed by atoms with E-state index in [9.17, 15) is 4.79 Å². The summed E-state index contributed by atoms with van der Waals surface area (Å²) in [7, 11) is 3.68. The molecule has 0 saturated heterocycles. The summed E-state index contributed by atoms with van der Waals surface area (Å²) >= 11 is 1.73. The summed E-state index contributed by atoms with van der Waals surface area (Å²) in [6, 6.07) is 10.4. The van der Waals surface area contributed by atoms with Gasteiger partial charge in [-0.25, -0.2) is 4.98 Å². The number of imidazole rings is 1. The van der Waals surface area contributed by atoms with Gasteiger partial charge >= 0.3 is 0 Å². The largest absolute Gasteiger partial charge is 0.335 e. The standard InChI is InChI=1S/C16H17N3OS/c1-11-15(19(3)10-17-11)16(20)18(2)9-13-8-12-6-4-5-7-14(12)21-13/h4-8,10H,9H2,1-3H3. The van der Waals surface area contributed by atoms with Crippen molar-refractivity contribution in [2.75, 3.05) is 7.05 Å². The first-order valence-electron chi connectivity index (χ1n) is 6.77. The molecule has 21 heavy (non-hydrogen) atoms. The highest BCUT2D eigenvalue weighted by Crippen LogP contribution is 2.26. The van der Waals surface area contributed by atoms with Crippen molar-refractivity contribution in [1.82, 2.24) is 14.5 Å². The van der Waals surface area contributed by atoms with Gasteiger partial charge in [-0.15, -0.1) is 11.3 Å². The number of thiophene rings is 1. The van der Waals surface area contributed by atoms with E-state index in [4.69, 9.17) is 0 Å². The first-order chi connectivity index (χ1) is 10.1. The second-order valence-electron chi connectivity index (χ2n) is 5.20. The molecule has 0 bridgehead atoms. The monoisotopic (exact) mass is 299 g/mol. The van der Waals surface area contributed by atoms with Gasteiger partial charge in [0.25, 0.3) is 5.91 Å². The fourth-order valence-electron chi connectivity index (χ4n) is 2.45. The normalized spacial score (nSPS) is 11.0. The van der Waals surface area contributed by atoms with Crippen LogP contribution in [0, 0.1) is 6.92 Å². The van der Waals surface area contributed by atoms with Gasteiger partial charge in [0, 0.05) is 23.7 Å². The third-order valence-electron chi connectivity index (χ3n) is 3.54. The van der Waals surface area contributed by atoms with Crippen LogP contribution in [0.1, 0.15) is 21.1 Å². The van der Waals surface area contributed by atoms with E-state index in [2.05, 4.69) is 23.2 Å². The van der Waals surface area contributed by atoms with Gasteiger partial charge in [0.1, 0.15) is 5.69 Å². The molecule has 0 saturated carbocycles. The van der Waals surface area contributed by atoms with Crippen LogP contribution in [-0.4, -0.2) is 27.4 Å². The van der Waals surface area contributed by atoms with Crippen molar-refractivity contribution in [3.05, 3.63) is 52.9 Å². The lowest BCUT2D eigenvalue weighted by molar-refractivity contribution is 0.0776. The number of hydrogen-bond acceptors (Lipinski definition) is 3. The number of amides is 1. The molecular weight excluding hydrogens is 282 g/mol. The highest BCUT2D eigenvalue weighted by molar-refractivity contribution is 7.19. The summed E-state index contributed by atoms with van der Waals surface area (Å²) in [5, 5.41) is 1.23. The molecule has 108 valence electrons. The Balaban J connectivity index is 1.82. The van der Waals surface area contributed by atoms with E-state index < -0.39 is 0 Å². The predicted molar refractivity (Wildman–Crippen MR) is 85.6 cm³/mol. The number of nitrogens with zero attached hydrogens (tertiary/aromatic N) is 3. The summed E-state index contributed by atoms with van der Waals surface area (Å²) in [4.78, 5) is 19.6. The zero-order valence-corrected chi connectivity index (χ0v) is 13.1. The molecule has 0 aliphatic carbocycles. The summed E-state index contributed by atoms with van der Waals surface area (Å²) in [6.07, 6.45) is 1.68. The van der Waals surface area contributed by atoms with Crippen LogP contribution in [0.5, 0.6) is 0 Å². The van der Waals surface area contributed by atoms with Crippen LogP contribution in [0.2, 0.25) is 0 Å². The van der Waals surface area contributed by atoms with Crippen molar-refractivity contribution in [2.24, 2.45) is 7.05 Å². The van der Waals surface area contributed by atoms with Crippen LogP contribution < -0.4 is 0 Å². The SMILES string of the molecule is Cc1ncn(C)c1C(=O)N(C)Cc1cc2ccccc2s1. The maximum atomic E-state index is 12.5. The minimum Gasteiger partial charge on any atom is -0.335 e. The molecule has 0 aliphatic rings. The van der Waals surface area contributed by atoms with E-state index >= 15 is 0 Å². The number of fused-ring (bicyclic) bond motifs is 1. The lowest BCUT2D eigenvalue weighted by Crippen LogP contribution is -2.28. The van der Waals surface area contributed by atoms with Crippen LogP contribution in [-0.2, 0) is 13.6 Å². The fraction of sp³-hybridized carbons (Fsp3) is 0.250. The van der Waals surface area contributed by atoms with Crippen LogP contribution in [0.3, 0.4) is 0 Å². The predicted octanol–water partition coefficient (Wildman–Crippen LogP) is 3.22. The molecule has 0 fully saturated rings. The molecular formula is C16H17N3OS. The van der Waals surface area contributed by atoms with E-state index in [1.54, 1.807) is 27.1 Å². The quantitative estimate of drug-likeness (QED) is 0.745. The molecule has 0 radical (unpaired) electrons. The number of carbonyl (C=O) groups excluding carboxylic acids is 1. The first kappa shape index (κ1) is 13.8. The zero-order chi connectivity index (χ0) is 15.0. The zero-order valence-electron chi connectivity index (χ0n) is 12.3. The molecule has 0 N–H and O–H groups in total. The lowest BCUT2D eigenvalue weighted by Gasteiger charge is -2.16. The molecule has 0 aliphatic heterocycles. The Morgan fingerprint density at radius 3 is 2.81 bits per heavy atom. The second-order valence-corrected chi connectivity index (χ2v) is 6.37. The van der Waals surface area contributed by atoms with Gasteiger partial charge in [0.2, 0.25) is 0 Å². The molecule has 5 heteroatoms. The molecule has 2 aromatic heterocycles. The van der Waals surface area contributed by atoms with Crippen LogP contribution >= 0.6 is 11.3 Å². The Kier molecular flexibility index (Phi) is 3.51. The minimum atomic E-state index is 0.00459. The van der Waals surface area contributed by atoms with Gasteiger partial charge in [-0.2, -0.15) is 0 Å². The Hall–Kier alpha value is -2.14. The van der Waals surface area contributed by atoms with Crippen molar-refractivity contribution < 1.29 is 4.79 Å². The number of aromatic nitrogens is 2. The maximum Gasteiger partial charge on any atom is 0.272 e. The van der Waals surface area contributed by atoms with Crippen molar-refractivity contribution in [3.63, 3.8) is 0 Å². The number of rotatable bonds is 3. The summed E-state index contributed by atoms with van der Waals surface area (Å²) in [5.41, 5.74) is 1.42. The van der Waals surface area contributed by atoms with Gasteiger partial charge < -0.3 is 9.47 Å². The van der Waals surface area contributed by atoms with Crippen molar-refractivity contribution in [3.8, 4) is 0 Å². The fourth-order valence-corrected chi connectivity index (χ4v) is 3.57. The molecule has 1 aromatic carbocycles. The average Bonchev–Trinajstić information content (AvgIpc) is 3.01. The number of carbonyl (C=O) groups is 1. The summed E-state index contributed by atoms with van der Waals surface area (Å²) in [6.45, 7) is 2.48. The third kappa shape index (κ3) is 2.56. The van der Waals surface area contributed by atoms with Crippen molar-refractivity contribution >= 4 is 27.3 Å². The van der Waals surface area contributed by atoms with Gasteiger partial charge in [-0.1, -0.05) is 18.2 Å². The Morgan fingerprint density at radius 1 is 1.38 bits per heavy atom. The minimum absolute atomic E-state index is 0.00459. The summed E-state index contributed by atoms with van der Waals surface area (Å²) in [5.74, 6) is 0.00459. The van der Waals surface area contributed by atoms with E-state index in [1.165, 1.54) is 15.0 Å². The van der Waals surface area contributed by atoms with Gasteiger partial charge in [0.05, 0.1) is 18.6 Å². The van der Waals surface area contributed by atoms with E-state index in [-0.39, 0.29) is 5.91 Å². The van der Waals surface area contributed by atoms with Gasteiger partial charge in [0.15, 0.2) is 0 Å². The van der Waals surface area contributed by atoms with E-state index in [0.29, 0.717) is 12.2 Å². The third-order valence-corrected chi connectivity index (χ3v) is 4.64. The molecule has 2 heterocycles. The van der Waals surface area contributed by atoms with Gasteiger partial charge in [-0.05, 0) is 24.4 Å². The molecule has 0 atom stereocenters. The van der Waals surface area contributed by atoms with Crippen LogP contribution in [0.4, 0.5) is 0 Å². The smallest absolute Gasteiger partial charge is 0.272 e. The van der Waals surface area contributed by atoms with E-state index in [1.807, 2.05) is 33.2 Å². The topological polar surface area (TPSA) is 38.1 Å². The van der Waals surface area contributed by atoms with Gasteiger partial charge in [-0.3, -0.25) is 4.79 Å². The number of aryl methyl sites for hydroxylation is 2. The molecule has 3 aromatic rings. The number of hydrogen-bond donors (Lipinski definition) is 0. The molecule has 1 amide bonds. The molecule has 3 rings (SSSR count). The first-order valence-corrected chi connectivity index (χ1v) is 7.58. The van der Waals surface area contributed by atoms with Crippen molar-refractivity contribution in [2.45, 2.75) is 13.5 Å². The average molecular weight is 299 g/mol. The molecule has 4 nitrogen and oxygen atoms in total. The Labute approximate surface area is 127 Å². The number of benzene rings is 1.